The number of aliphatic hydroxyl groups is 1. The van der Waals surface area contributed by atoms with Crippen LogP contribution in [0.25, 0.3) is 0 Å². The molecular formula is C12H17NO5S. The maximum absolute atomic E-state index is 11.9. The number of anilines is 1. The van der Waals surface area contributed by atoms with E-state index >= 15 is 0 Å². The molecule has 0 spiro atoms. The van der Waals surface area contributed by atoms with E-state index in [1.807, 2.05) is 0 Å². The highest BCUT2D eigenvalue weighted by atomic mass is 32.2. The van der Waals surface area contributed by atoms with Gasteiger partial charge in [-0.25, -0.2) is 8.42 Å². The Morgan fingerprint density at radius 3 is 2.21 bits per heavy atom. The van der Waals surface area contributed by atoms with E-state index in [-0.39, 0.29) is 0 Å². The van der Waals surface area contributed by atoms with E-state index in [4.69, 9.17) is 0 Å². The van der Waals surface area contributed by atoms with Crippen LogP contribution in [0.4, 0.5) is 5.69 Å². The smallest absolute Gasteiger partial charge is 0.325 e. The number of benzene rings is 1. The molecule has 0 aliphatic rings. The normalized spacial score (nSPS) is 14.5. The quantitative estimate of drug-likeness (QED) is 0.789. The van der Waals surface area contributed by atoms with Crippen molar-refractivity contribution >= 4 is 21.7 Å². The first kappa shape index (κ1) is 15.5. The second-order valence-electron chi connectivity index (χ2n) is 4.11. The van der Waals surface area contributed by atoms with Gasteiger partial charge in [-0.15, -0.1) is 0 Å². The molecule has 6 nitrogen and oxygen atoms in total. The summed E-state index contributed by atoms with van der Waals surface area (Å²) in [5.41, 5.74) is 0.990. The summed E-state index contributed by atoms with van der Waals surface area (Å²) in [6, 6.07) is 6.24. The minimum atomic E-state index is -3.84. The number of esters is 1. The van der Waals surface area contributed by atoms with Crippen molar-refractivity contribution in [1.82, 2.24) is 0 Å². The first-order valence-electron chi connectivity index (χ1n) is 5.65. The van der Waals surface area contributed by atoms with Crippen molar-refractivity contribution < 1.29 is 23.1 Å². The molecule has 0 saturated heterocycles. The molecule has 2 unspecified atom stereocenters. The fourth-order valence-electron chi connectivity index (χ4n) is 1.37. The van der Waals surface area contributed by atoms with Gasteiger partial charge in [-0.3, -0.25) is 9.52 Å². The molecule has 19 heavy (non-hydrogen) atoms. The highest BCUT2D eigenvalue weighted by Gasteiger charge is 2.28. The minimum absolute atomic E-state index is 0.320. The summed E-state index contributed by atoms with van der Waals surface area (Å²) in [6.07, 6.45) is -0.625. The van der Waals surface area contributed by atoms with Gasteiger partial charge in [0.1, 0.15) is 0 Å². The van der Waals surface area contributed by atoms with Crippen LogP contribution < -0.4 is 4.72 Å². The summed E-state index contributed by atoms with van der Waals surface area (Å²) in [6.45, 7) is 2.86. The standard InChI is InChI=1S/C12H17NO5S/c1-8(14)10-4-6-11(7-5-10)13-19(16,17)9(2)12(15)18-3/h4-9,13-14H,1-3H3. The van der Waals surface area contributed by atoms with Gasteiger partial charge < -0.3 is 9.84 Å². The molecule has 0 radical (unpaired) electrons. The van der Waals surface area contributed by atoms with Crippen LogP contribution in [0.15, 0.2) is 24.3 Å². The molecule has 2 N–H and O–H groups in total. The van der Waals surface area contributed by atoms with E-state index in [0.717, 1.165) is 7.11 Å². The highest BCUT2D eigenvalue weighted by molar-refractivity contribution is 7.94. The number of ether oxygens (including phenoxy) is 1. The predicted molar refractivity (Wildman–Crippen MR) is 71.1 cm³/mol. The van der Waals surface area contributed by atoms with Crippen molar-refractivity contribution in [2.45, 2.75) is 25.2 Å². The Bertz CT molecular complexity index is 536. The third kappa shape index (κ3) is 3.93. The molecule has 0 bridgehead atoms. The third-order valence-corrected chi connectivity index (χ3v) is 4.30. The zero-order valence-corrected chi connectivity index (χ0v) is 11.8. The SMILES string of the molecule is COC(=O)C(C)S(=O)(=O)Nc1ccc(C(C)O)cc1. The van der Waals surface area contributed by atoms with E-state index in [2.05, 4.69) is 9.46 Å². The first-order chi connectivity index (χ1) is 8.77. The first-order valence-corrected chi connectivity index (χ1v) is 7.20. The second-order valence-corrected chi connectivity index (χ2v) is 6.11. The van der Waals surface area contributed by atoms with E-state index in [1.165, 1.54) is 19.1 Å². The molecule has 0 amide bonds. The summed E-state index contributed by atoms with van der Waals surface area (Å²) < 4.78 is 30.4. The molecule has 0 aliphatic carbocycles. The number of hydrogen-bond acceptors (Lipinski definition) is 5. The molecule has 7 heteroatoms. The topological polar surface area (TPSA) is 92.7 Å². The number of carbonyl (C=O) groups excluding carboxylic acids is 1. The van der Waals surface area contributed by atoms with Crippen LogP contribution in [-0.4, -0.2) is 31.9 Å². The van der Waals surface area contributed by atoms with Crippen molar-refractivity contribution in [3.05, 3.63) is 29.8 Å². The van der Waals surface area contributed by atoms with Crippen LogP contribution in [0.5, 0.6) is 0 Å². The van der Waals surface area contributed by atoms with Gasteiger partial charge in [-0.2, -0.15) is 0 Å². The van der Waals surface area contributed by atoms with E-state index < -0.39 is 27.3 Å². The molecule has 0 aliphatic heterocycles. The Hall–Kier alpha value is -1.60. The summed E-state index contributed by atoms with van der Waals surface area (Å²) in [5.74, 6) is -0.826. The fraction of sp³-hybridized carbons (Fsp3) is 0.417. The van der Waals surface area contributed by atoms with Crippen LogP contribution in [0.3, 0.4) is 0 Å². The Balaban J connectivity index is 2.87. The van der Waals surface area contributed by atoms with Gasteiger partial charge in [0, 0.05) is 5.69 Å². The lowest BCUT2D eigenvalue weighted by Crippen LogP contribution is -2.33. The van der Waals surface area contributed by atoms with Crippen LogP contribution in [0, 0.1) is 0 Å². The number of carbonyl (C=O) groups is 1. The number of aliphatic hydroxyl groups excluding tert-OH is 1. The van der Waals surface area contributed by atoms with Crippen molar-refractivity contribution in [2.24, 2.45) is 0 Å². The zero-order valence-electron chi connectivity index (χ0n) is 11.0. The Kier molecular flexibility index (Phi) is 4.90. The Morgan fingerprint density at radius 2 is 1.79 bits per heavy atom. The Morgan fingerprint density at radius 1 is 1.26 bits per heavy atom. The maximum atomic E-state index is 11.9. The molecule has 2 atom stereocenters. The van der Waals surface area contributed by atoms with Gasteiger partial charge in [-0.1, -0.05) is 12.1 Å². The molecular weight excluding hydrogens is 270 g/mol. The van der Waals surface area contributed by atoms with E-state index in [9.17, 15) is 18.3 Å². The molecule has 1 aromatic carbocycles. The number of sulfonamides is 1. The number of rotatable bonds is 5. The van der Waals surface area contributed by atoms with E-state index in [0.29, 0.717) is 11.3 Å². The van der Waals surface area contributed by atoms with Crippen molar-refractivity contribution in [1.29, 1.82) is 0 Å². The van der Waals surface area contributed by atoms with E-state index in [1.54, 1.807) is 19.1 Å². The molecule has 1 aromatic rings. The minimum Gasteiger partial charge on any atom is -0.468 e. The third-order valence-electron chi connectivity index (χ3n) is 2.65. The van der Waals surface area contributed by atoms with Crippen LogP contribution in [0.1, 0.15) is 25.5 Å². The fourth-order valence-corrected chi connectivity index (χ4v) is 2.37. The lowest BCUT2D eigenvalue weighted by Gasteiger charge is -2.13. The van der Waals surface area contributed by atoms with Crippen molar-refractivity contribution in [2.75, 3.05) is 11.8 Å². The molecule has 1 rings (SSSR count). The largest absolute Gasteiger partial charge is 0.468 e. The lowest BCUT2D eigenvalue weighted by molar-refractivity contribution is -0.139. The summed E-state index contributed by atoms with van der Waals surface area (Å²) in [5, 5.41) is 8.04. The van der Waals surface area contributed by atoms with Crippen LogP contribution in [-0.2, 0) is 19.6 Å². The monoisotopic (exact) mass is 287 g/mol. The predicted octanol–water partition coefficient (Wildman–Crippen LogP) is 1.04. The van der Waals surface area contributed by atoms with Gasteiger partial charge in [0.15, 0.2) is 5.25 Å². The van der Waals surface area contributed by atoms with Crippen LogP contribution in [0.2, 0.25) is 0 Å². The zero-order chi connectivity index (χ0) is 14.6. The molecule has 106 valence electrons. The van der Waals surface area contributed by atoms with Crippen molar-refractivity contribution in [3.8, 4) is 0 Å². The number of methoxy groups -OCH3 is 1. The summed E-state index contributed by atoms with van der Waals surface area (Å²) in [4.78, 5) is 11.2. The number of hydrogen-bond donors (Lipinski definition) is 2. The summed E-state index contributed by atoms with van der Waals surface area (Å²) >= 11 is 0. The molecule has 0 aromatic heterocycles. The molecule has 0 saturated carbocycles. The average molecular weight is 287 g/mol. The van der Waals surface area contributed by atoms with Crippen molar-refractivity contribution in [3.63, 3.8) is 0 Å². The number of nitrogens with one attached hydrogen (secondary N) is 1. The Labute approximate surface area is 112 Å². The van der Waals surface area contributed by atoms with Crippen LogP contribution >= 0.6 is 0 Å². The van der Waals surface area contributed by atoms with Gasteiger partial charge in [0.05, 0.1) is 13.2 Å². The molecule has 0 fully saturated rings. The van der Waals surface area contributed by atoms with Gasteiger partial charge in [-0.05, 0) is 31.5 Å². The van der Waals surface area contributed by atoms with Gasteiger partial charge >= 0.3 is 5.97 Å². The summed E-state index contributed by atoms with van der Waals surface area (Å²) in [7, 11) is -2.71. The average Bonchev–Trinajstić information content (AvgIpc) is 2.37. The highest BCUT2D eigenvalue weighted by Crippen LogP contribution is 2.17. The lowest BCUT2D eigenvalue weighted by atomic mass is 10.1. The van der Waals surface area contributed by atoms with Gasteiger partial charge in [0.25, 0.3) is 0 Å². The maximum Gasteiger partial charge on any atom is 0.325 e. The molecule has 0 heterocycles. The van der Waals surface area contributed by atoms with Gasteiger partial charge in [0.2, 0.25) is 10.0 Å². The second kappa shape index (κ2) is 6.03.